The van der Waals surface area contributed by atoms with Crippen molar-refractivity contribution in [1.82, 2.24) is 5.32 Å². The Morgan fingerprint density at radius 3 is 2.50 bits per heavy atom. The van der Waals surface area contributed by atoms with Crippen LogP contribution in [0.3, 0.4) is 0 Å². The number of halogens is 1. The standard InChI is InChI=1S/C17H20BrNO/c1-12-4-6-14(7-5-12)13(2)19-11-15-10-16(18)8-9-17(15)20-3/h4-10,13,19H,11H2,1-3H3/t13-/m1/s1. The molecule has 2 aromatic rings. The van der Waals surface area contributed by atoms with Gasteiger partial charge in [0.2, 0.25) is 0 Å². The van der Waals surface area contributed by atoms with Crippen LogP contribution in [0.2, 0.25) is 0 Å². The molecule has 2 aromatic carbocycles. The van der Waals surface area contributed by atoms with E-state index in [4.69, 9.17) is 4.74 Å². The molecule has 0 spiro atoms. The van der Waals surface area contributed by atoms with Gasteiger partial charge in [-0.1, -0.05) is 45.8 Å². The van der Waals surface area contributed by atoms with Crippen LogP contribution in [0.1, 0.15) is 29.7 Å². The zero-order valence-electron chi connectivity index (χ0n) is 12.1. The first-order chi connectivity index (χ1) is 9.60. The lowest BCUT2D eigenvalue weighted by molar-refractivity contribution is 0.406. The van der Waals surface area contributed by atoms with Gasteiger partial charge in [0.15, 0.2) is 0 Å². The second-order valence-corrected chi connectivity index (χ2v) is 5.89. The minimum Gasteiger partial charge on any atom is -0.496 e. The van der Waals surface area contributed by atoms with Crippen molar-refractivity contribution in [3.63, 3.8) is 0 Å². The number of ether oxygens (including phenoxy) is 1. The van der Waals surface area contributed by atoms with Gasteiger partial charge in [0.05, 0.1) is 7.11 Å². The SMILES string of the molecule is COc1ccc(Br)cc1CN[C@H](C)c1ccc(C)cc1. The van der Waals surface area contributed by atoms with E-state index in [-0.39, 0.29) is 0 Å². The summed E-state index contributed by atoms with van der Waals surface area (Å²) in [5, 5.41) is 3.54. The maximum Gasteiger partial charge on any atom is 0.123 e. The summed E-state index contributed by atoms with van der Waals surface area (Å²) in [4.78, 5) is 0. The van der Waals surface area contributed by atoms with Crippen molar-refractivity contribution in [2.24, 2.45) is 0 Å². The Kier molecular flexibility index (Phi) is 5.21. The Labute approximate surface area is 129 Å². The Bertz CT molecular complexity index is 566. The summed E-state index contributed by atoms with van der Waals surface area (Å²) in [6.45, 7) is 5.06. The van der Waals surface area contributed by atoms with E-state index in [1.165, 1.54) is 11.1 Å². The van der Waals surface area contributed by atoms with Crippen molar-refractivity contribution in [2.75, 3.05) is 7.11 Å². The molecule has 1 atom stereocenters. The molecular formula is C17H20BrNO. The fraction of sp³-hybridized carbons (Fsp3) is 0.294. The summed E-state index contributed by atoms with van der Waals surface area (Å²) in [5.41, 5.74) is 3.74. The second kappa shape index (κ2) is 6.91. The van der Waals surface area contributed by atoms with E-state index in [9.17, 15) is 0 Å². The monoisotopic (exact) mass is 333 g/mol. The minimum atomic E-state index is 0.305. The molecule has 0 heterocycles. The summed E-state index contributed by atoms with van der Waals surface area (Å²) >= 11 is 3.50. The molecule has 0 unspecified atom stereocenters. The number of hydrogen-bond acceptors (Lipinski definition) is 2. The normalized spacial score (nSPS) is 12.2. The summed E-state index contributed by atoms with van der Waals surface area (Å²) in [6.07, 6.45) is 0. The maximum absolute atomic E-state index is 5.39. The van der Waals surface area contributed by atoms with E-state index in [1.54, 1.807) is 7.11 Å². The molecule has 1 N–H and O–H groups in total. The van der Waals surface area contributed by atoms with Gasteiger partial charge in [0.1, 0.15) is 5.75 Å². The van der Waals surface area contributed by atoms with Crippen LogP contribution in [-0.2, 0) is 6.54 Å². The largest absolute Gasteiger partial charge is 0.496 e. The molecule has 0 bridgehead atoms. The Morgan fingerprint density at radius 2 is 1.85 bits per heavy atom. The van der Waals surface area contributed by atoms with Crippen LogP contribution >= 0.6 is 15.9 Å². The van der Waals surface area contributed by atoms with E-state index in [0.29, 0.717) is 6.04 Å². The highest BCUT2D eigenvalue weighted by Crippen LogP contribution is 2.23. The minimum absolute atomic E-state index is 0.305. The first kappa shape index (κ1) is 15.1. The highest BCUT2D eigenvalue weighted by atomic mass is 79.9. The molecule has 2 rings (SSSR count). The topological polar surface area (TPSA) is 21.3 Å². The molecule has 0 fully saturated rings. The number of methoxy groups -OCH3 is 1. The van der Waals surface area contributed by atoms with Gasteiger partial charge in [-0.05, 0) is 37.6 Å². The van der Waals surface area contributed by atoms with Crippen molar-refractivity contribution in [1.29, 1.82) is 0 Å². The molecule has 0 radical (unpaired) electrons. The van der Waals surface area contributed by atoms with Gasteiger partial charge in [-0.25, -0.2) is 0 Å². The van der Waals surface area contributed by atoms with Crippen molar-refractivity contribution in [3.8, 4) is 5.75 Å². The summed E-state index contributed by atoms with van der Waals surface area (Å²) in [6, 6.07) is 15.0. The molecule has 0 saturated carbocycles. The van der Waals surface area contributed by atoms with Gasteiger partial charge in [-0.3, -0.25) is 0 Å². The Hall–Kier alpha value is -1.32. The molecule has 0 aliphatic rings. The first-order valence-corrected chi connectivity index (χ1v) is 7.52. The van der Waals surface area contributed by atoms with Gasteiger partial charge >= 0.3 is 0 Å². The Balaban J connectivity index is 2.04. The van der Waals surface area contributed by atoms with Crippen molar-refractivity contribution in [2.45, 2.75) is 26.4 Å². The third kappa shape index (κ3) is 3.84. The molecule has 0 saturated heterocycles. The summed E-state index contributed by atoms with van der Waals surface area (Å²) in [7, 11) is 1.70. The lowest BCUT2D eigenvalue weighted by atomic mass is 10.1. The second-order valence-electron chi connectivity index (χ2n) is 4.97. The third-order valence-electron chi connectivity index (χ3n) is 3.42. The van der Waals surface area contributed by atoms with Crippen LogP contribution in [0.4, 0.5) is 0 Å². The van der Waals surface area contributed by atoms with Gasteiger partial charge in [-0.2, -0.15) is 0 Å². The molecule has 106 valence electrons. The number of hydrogen-bond donors (Lipinski definition) is 1. The molecule has 20 heavy (non-hydrogen) atoms. The van der Waals surface area contributed by atoms with Gasteiger partial charge < -0.3 is 10.1 Å². The van der Waals surface area contributed by atoms with Crippen LogP contribution in [0, 0.1) is 6.92 Å². The smallest absolute Gasteiger partial charge is 0.123 e. The molecule has 0 aromatic heterocycles. The fourth-order valence-electron chi connectivity index (χ4n) is 2.12. The lowest BCUT2D eigenvalue weighted by Crippen LogP contribution is -2.18. The van der Waals surface area contributed by atoms with Crippen LogP contribution in [0.15, 0.2) is 46.9 Å². The zero-order chi connectivity index (χ0) is 14.5. The predicted octanol–water partition coefficient (Wildman–Crippen LogP) is 4.62. The number of rotatable bonds is 5. The molecule has 0 aliphatic heterocycles. The van der Waals surface area contributed by atoms with E-state index in [2.05, 4.69) is 65.4 Å². The predicted molar refractivity (Wildman–Crippen MR) is 87.1 cm³/mol. The van der Waals surface area contributed by atoms with E-state index < -0.39 is 0 Å². The van der Waals surface area contributed by atoms with Gasteiger partial charge in [0.25, 0.3) is 0 Å². The van der Waals surface area contributed by atoms with Crippen LogP contribution < -0.4 is 10.1 Å². The number of benzene rings is 2. The van der Waals surface area contributed by atoms with Crippen molar-refractivity contribution in [3.05, 3.63) is 63.6 Å². The average Bonchev–Trinajstić information content (AvgIpc) is 2.45. The maximum atomic E-state index is 5.39. The van der Waals surface area contributed by atoms with Crippen LogP contribution in [0.25, 0.3) is 0 Å². The third-order valence-corrected chi connectivity index (χ3v) is 3.91. The lowest BCUT2D eigenvalue weighted by Gasteiger charge is -2.16. The van der Waals surface area contributed by atoms with E-state index in [0.717, 1.165) is 22.3 Å². The summed E-state index contributed by atoms with van der Waals surface area (Å²) in [5.74, 6) is 0.914. The first-order valence-electron chi connectivity index (χ1n) is 6.72. The molecule has 0 amide bonds. The van der Waals surface area contributed by atoms with Crippen molar-refractivity contribution >= 4 is 15.9 Å². The van der Waals surface area contributed by atoms with E-state index >= 15 is 0 Å². The Morgan fingerprint density at radius 1 is 1.15 bits per heavy atom. The van der Waals surface area contributed by atoms with Crippen LogP contribution in [-0.4, -0.2) is 7.11 Å². The molecule has 0 aliphatic carbocycles. The number of nitrogens with one attached hydrogen (secondary N) is 1. The molecule has 2 nitrogen and oxygen atoms in total. The van der Waals surface area contributed by atoms with Crippen LogP contribution in [0.5, 0.6) is 5.75 Å². The zero-order valence-corrected chi connectivity index (χ0v) is 13.7. The quantitative estimate of drug-likeness (QED) is 0.862. The highest BCUT2D eigenvalue weighted by Gasteiger charge is 2.08. The highest BCUT2D eigenvalue weighted by molar-refractivity contribution is 9.10. The van der Waals surface area contributed by atoms with Gasteiger partial charge in [0, 0.05) is 22.6 Å². The van der Waals surface area contributed by atoms with Crippen molar-refractivity contribution < 1.29 is 4.74 Å². The molecular weight excluding hydrogens is 314 g/mol. The number of aryl methyl sites for hydroxylation is 1. The van der Waals surface area contributed by atoms with E-state index in [1.807, 2.05) is 12.1 Å². The van der Waals surface area contributed by atoms with Gasteiger partial charge in [-0.15, -0.1) is 0 Å². The summed E-state index contributed by atoms with van der Waals surface area (Å²) < 4.78 is 6.46. The fourth-order valence-corrected chi connectivity index (χ4v) is 2.53. The average molecular weight is 334 g/mol. The molecule has 3 heteroatoms.